The first-order chi connectivity index (χ1) is 11.6. The van der Waals surface area contributed by atoms with Crippen LogP contribution in [0.2, 0.25) is 0 Å². The first kappa shape index (κ1) is 17.5. The molecule has 0 aromatic heterocycles. The quantitative estimate of drug-likeness (QED) is 0.853. The fraction of sp³-hybridized carbons (Fsp3) is 0.579. The molecule has 3 aliphatic rings. The molecule has 1 aliphatic heterocycles. The molecular formula is C19H25BrN2O2. The second-order valence-corrected chi connectivity index (χ2v) is 7.74. The highest BCUT2D eigenvalue weighted by Gasteiger charge is 2.51. The second-order valence-electron chi connectivity index (χ2n) is 6.83. The number of fused-ring (bicyclic) bond motifs is 2. The summed E-state index contributed by atoms with van der Waals surface area (Å²) in [6.45, 7) is 4.86. The predicted molar refractivity (Wildman–Crippen MR) is 98.1 cm³/mol. The molecule has 130 valence electrons. The van der Waals surface area contributed by atoms with Gasteiger partial charge in [0.2, 0.25) is 5.91 Å². The zero-order valence-corrected chi connectivity index (χ0v) is 16.0. The van der Waals surface area contributed by atoms with Crippen molar-refractivity contribution in [1.82, 2.24) is 10.2 Å². The third kappa shape index (κ3) is 3.23. The van der Waals surface area contributed by atoms with Crippen molar-refractivity contribution in [1.29, 1.82) is 0 Å². The van der Waals surface area contributed by atoms with Crippen LogP contribution in [0, 0.1) is 0 Å². The number of rotatable bonds is 3. The average molecular weight is 393 g/mol. The average Bonchev–Trinajstić information content (AvgIpc) is 3.31. The molecule has 1 N–H and O–H groups in total. The normalized spacial score (nSPS) is 20.6. The lowest BCUT2D eigenvalue weighted by molar-refractivity contribution is -0.123. The molecule has 0 bridgehead atoms. The zero-order valence-electron chi connectivity index (χ0n) is 14.4. The van der Waals surface area contributed by atoms with Crippen LogP contribution in [0.1, 0.15) is 61.9 Å². The van der Waals surface area contributed by atoms with Gasteiger partial charge in [-0.2, -0.15) is 0 Å². The third-order valence-corrected chi connectivity index (χ3v) is 5.72. The lowest BCUT2D eigenvalue weighted by atomic mass is 9.86. The summed E-state index contributed by atoms with van der Waals surface area (Å²) in [6.07, 6.45) is 5.54. The summed E-state index contributed by atoms with van der Waals surface area (Å²) >= 11 is 3.50. The van der Waals surface area contributed by atoms with Crippen molar-refractivity contribution in [3.63, 3.8) is 0 Å². The minimum absolute atomic E-state index is 0.0104. The van der Waals surface area contributed by atoms with Gasteiger partial charge in [-0.15, -0.1) is 0 Å². The van der Waals surface area contributed by atoms with E-state index in [9.17, 15) is 9.59 Å². The fourth-order valence-electron chi connectivity index (χ4n) is 3.54. The maximum atomic E-state index is 12.7. The number of benzene rings is 1. The Balaban J connectivity index is 0.000000815. The maximum Gasteiger partial charge on any atom is 0.254 e. The van der Waals surface area contributed by atoms with Crippen LogP contribution in [0.5, 0.6) is 0 Å². The molecule has 1 spiro atoms. The van der Waals surface area contributed by atoms with Gasteiger partial charge >= 0.3 is 0 Å². The Morgan fingerprint density at radius 2 is 2.04 bits per heavy atom. The summed E-state index contributed by atoms with van der Waals surface area (Å²) in [5.74, 6) is -0.0294. The first-order valence-electron chi connectivity index (χ1n) is 8.96. The number of halogens is 1. The van der Waals surface area contributed by atoms with Gasteiger partial charge in [0.15, 0.2) is 0 Å². The van der Waals surface area contributed by atoms with Gasteiger partial charge in [0.05, 0.1) is 6.54 Å². The van der Waals surface area contributed by atoms with Crippen LogP contribution in [0.25, 0.3) is 0 Å². The predicted octanol–water partition coefficient (Wildman–Crippen LogP) is 3.63. The molecule has 5 heteroatoms. The van der Waals surface area contributed by atoms with E-state index in [1.165, 1.54) is 6.42 Å². The minimum atomic E-state index is -0.0191. The number of hydrogen-bond acceptors (Lipinski definition) is 2. The van der Waals surface area contributed by atoms with E-state index in [1.807, 2.05) is 26.0 Å². The molecule has 2 aliphatic carbocycles. The molecular weight excluding hydrogens is 368 g/mol. The zero-order chi connectivity index (χ0) is 17.3. The Morgan fingerprint density at radius 1 is 1.33 bits per heavy atom. The molecule has 1 heterocycles. The number of carbonyl (C=O) groups excluding carboxylic acids is 2. The van der Waals surface area contributed by atoms with E-state index in [4.69, 9.17) is 0 Å². The molecule has 0 unspecified atom stereocenters. The Kier molecular flexibility index (Phi) is 5.00. The largest absolute Gasteiger partial charge is 0.352 e. The van der Waals surface area contributed by atoms with Gasteiger partial charge in [0, 0.05) is 28.0 Å². The summed E-state index contributed by atoms with van der Waals surface area (Å²) in [7, 11) is 0. The highest BCUT2D eigenvalue weighted by molar-refractivity contribution is 9.10. The molecule has 0 radical (unpaired) electrons. The fourth-order valence-corrected chi connectivity index (χ4v) is 3.90. The number of nitrogens with one attached hydrogen (secondary N) is 1. The molecule has 4 rings (SSSR count). The molecule has 2 amide bonds. The van der Waals surface area contributed by atoms with Gasteiger partial charge in [0.1, 0.15) is 0 Å². The van der Waals surface area contributed by atoms with E-state index in [0.717, 1.165) is 41.3 Å². The molecule has 2 fully saturated rings. The van der Waals surface area contributed by atoms with Gasteiger partial charge < -0.3 is 10.2 Å². The molecule has 2 saturated carbocycles. The second kappa shape index (κ2) is 6.87. The van der Waals surface area contributed by atoms with Crippen molar-refractivity contribution >= 4 is 27.7 Å². The minimum Gasteiger partial charge on any atom is -0.352 e. The molecule has 0 saturated heterocycles. The summed E-state index contributed by atoms with van der Waals surface area (Å²) in [4.78, 5) is 26.6. The number of amides is 2. The van der Waals surface area contributed by atoms with Crippen LogP contribution in [-0.4, -0.2) is 35.8 Å². The summed E-state index contributed by atoms with van der Waals surface area (Å²) in [6, 6.07) is 6.19. The summed E-state index contributed by atoms with van der Waals surface area (Å²) in [5.41, 5.74) is 2.01. The van der Waals surface area contributed by atoms with E-state index < -0.39 is 0 Å². The van der Waals surface area contributed by atoms with E-state index in [1.54, 1.807) is 4.90 Å². The van der Waals surface area contributed by atoms with Gasteiger partial charge in [-0.3, -0.25) is 9.59 Å². The van der Waals surface area contributed by atoms with Crippen molar-refractivity contribution < 1.29 is 9.59 Å². The lowest BCUT2D eigenvalue weighted by Gasteiger charge is -2.35. The SMILES string of the molecule is CC.O=C(CN1CC2(CC2)c2cc(Br)ccc2C1=O)NC1CCC1. The van der Waals surface area contributed by atoms with Crippen LogP contribution in [0.15, 0.2) is 22.7 Å². The Labute approximate surface area is 152 Å². The Hall–Kier alpha value is -1.36. The van der Waals surface area contributed by atoms with E-state index in [-0.39, 0.29) is 23.8 Å². The van der Waals surface area contributed by atoms with Crippen LogP contribution in [0.3, 0.4) is 0 Å². The number of carbonyl (C=O) groups is 2. The maximum absolute atomic E-state index is 12.7. The van der Waals surface area contributed by atoms with Crippen LogP contribution in [-0.2, 0) is 10.2 Å². The Morgan fingerprint density at radius 3 is 2.62 bits per heavy atom. The van der Waals surface area contributed by atoms with Gasteiger partial charge in [-0.25, -0.2) is 0 Å². The number of hydrogen-bond donors (Lipinski definition) is 1. The number of nitrogens with zero attached hydrogens (tertiary/aromatic N) is 1. The standard InChI is InChI=1S/C17H19BrN2O2.C2H6/c18-11-4-5-13-14(8-11)17(6-7-17)10-20(16(13)22)9-15(21)19-12-2-1-3-12;1-2/h4-5,8,12H,1-3,6-7,9-10H2,(H,19,21);1-2H3. The molecule has 24 heavy (non-hydrogen) atoms. The van der Waals surface area contributed by atoms with Gasteiger partial charge in [-0.1, -0.05) is 29.8 Å². The summed E-state index contributed by atoms with van der Waals surface area (Å²) < 4.78 is 1.02. The highest BCUT2D eigenvalue weighted by Crippen LogP contribution is 2.52. The van der Waals surface area contributed by atoms with Crippen molar-refractivity contribution in [2.45, 2.75) is 57.4 Å². The molecule has 4 nitrogen and oxygen atoms in total. The molecule has 1 aromatic carbocycles. The van der Waals surface area contributed by atoms with E-state index in [0.29, 0.717) is 12.6 Å². The van der Waals surface area contributed by atoms with Crippen molar-refractivity contribution in [3.8, 4) is 0 Å². The highest BCUT2D eigenvalue weighted by atomic mass is 79.9. The van der Waals surface area contributed by atoms with Crippen LogP contribution in [0.4, 0.5) is 0 Å². The van der Waals surface area contributed by atoms with Crippen molar-refractivity contribution in [3.05, 3.63) is 33.8 Å². The lowest BCUT2D eigenvalue weighted by Crippen LogP contribution is -2.50. The van der Waals surface area contributed by atoms with E-state index in [2.05, 4.69) is 27.3 Å². The smallest absolute Gasteiger partial charge is 0.254 e. The van der Waals surface area contributed by atoms with Gasteiger partial charge in [-0.05, 0) is 55.9 Å². The third-order valence-electron chi connectivity index (χ3n) is 5.22. The van der Waals surface area contributed by atoms with Crippen molar-refractivity contribution in [2.24, 2.45) is 0 Å². The summed E-state index contributed by atoms with van der Waals surface area (Å²) in [5, 5.41) is 3.02. The van der Waals surface area contributed by atoms with Crippen molar-refractivity contribution in [2.75, 3.05) is 13.1 Å². The monoisotopic (exact) mass is 392 g/mol. The molecule has 1 aromatic rings. The van der Waals surface area contributed by atoms with Crippen LogP contribution >= 0.6 is 15.9 Å². The molecule has 0 atom stereocenters. The first-order valence-corrected chi connectivity index (χ1v) is 9.75. The van der Waals surface area contributed by atoms with Crippen LogP contribution < -0.4 is 5.32 Å². The van der Waals surface area contributed by atoms with E-state index >= 15 is 0 Å². The Bertz CT molecular complexity index is 651. The topological polar surface area (TPSA) is 49.4 Å². The van der Waals surface area contributed by atoms with Gasteiger partial charge in [0.25, 0.3) is 5.91 Å².